The highest BCUT2D eigenvalue weighted by atomic mass is 19.2. The Kier molecular flexibility index (Phi) is 4.56. The van der Waals surface area contributed by atoms with Gasteiger partial charge >= 0.3 is 6.01 Å². The van der Waals surface area contributed by atoms with Crippen LogP contribution < -0.4 is 10.2 Å². The summed E-state index contributed by atoms with van der Waals surface area (Å²) in [7, 11) is 0. The molecule has 2 amide bonds. The van der Waals surface area contributed by atoms with Crippen molar-refractivity contribution in [2.75, 3.05) is 16.8 Å². The summed E-state index contributed by atoms with van der Waals surface area (Å²) in [6.45, 7) is 0.377. The molecule has 0 spiro atoms. The minimum atomic E-state index is -1.13. The number of aromatic nitrogens is 2. The first kappa shape index (κ1) is 17.8. The van der Waals surface area contributed by atoms with Crippen LogP contribution in [0.5, 0.6) is 0 Å². The fourth-order valence-electron chi connectivity index (χ4n) is 2.99. The molecule has 0 radical (unpaired) electrons. The molecule has 1 fully saturated rings. The number of carbonyl (C=O) groups excluding carboxylic acids is 2. The molecule has 1 aliphatic heterocycles. The number of hydrogen-bond acceptors (Lipinski definition) is 5. The number of halogens is 2. The van der Waals surface area contributed by atoms with Crippen molar-refractivity contribution in [3.05, 3.63) is 71.6 Å². The van der Waals surface area contributed by atoms with E-state index in [1.165, 1.54) is 0 Å². The van der Waals surface area contributed by atoms with E-state index in [0.29, 0.717) is 6.54 Å². The van der Waals surface area contributed by atoms with Crippen LogP contribution in [0.2, 0.25) is 0 Å². The van der Waals surface area contributed by atoms with Crippen LogP contribution in [-0.2, 0) is 4.79 Å². The molecule has 1 aromatic heterocycles. The highest BCUT2D eigenvalue weighted by Gasteiger charge is 2.35. The van der Waals surface area contributed by atoms with Gasteiger partial charge in [0, 0.05) is 24.2 Å². The van der Waals surface area contributed by atoms with E-state index < -0.39 is 17.5 Å². The largest absolute Gasteiger partial charge is 0.407 e. The zero-order chi connectivity index (χ0) is 19.7. The first-order valence-electron chi connectivity index (χ1n) is 8.46. The van der Waals surface area contributed by atoms with Crippen LogP contribution in [-0.4, -0.2) is 28.6 Å². The zero-order valence-corrected chi connectivity index (χ0v) is 14.4. The van der Waals surface area contributed by atoms with Gasteiger partial charge in [0.15, 0.2) is 11.6 Å². The van der Waals surface area contributed by atoms with Crippen LogP contribution in [0.1, 0.15) is 28.6 Å². The van der Waals surface area contributed by atoms with Gasteiger partial charge in [-0.2, -0.15) is 0 Å². The lowest BCUT2D eigenvalue weighted by molar-refractivity contribution is -0.117. The minimum absolute atomic E-state index is 0.0678. The van der Waals surface area contributed by atoms with Crippen LogP contribution in [0.3, 0.4) is 0 Å². The molecule has 1 atom stereocenters. The van der Waals surface area contributed by atoms with Crippen molar-refractivity contribution in [2.45, 2.75) is 12.3 Å². The molecule has 0 saturated carbocycles. The van der Waals surface area contributed by atoms with Gasteiger partial charge in [0.05, 0.1) is 5.92 Å². The topological polar surface area (TPSA) is 88.3 Å². The Hall–Kier alpha value is -3.62. The summed E-state index contributed by atoms with van der Waals surface area (Å²) in [6.07, 6.45) is 0.202. The summed E-state index contributed by atoms with van der Waals surface area (Å²) in [5, 5.41) is 9.97. The van der Waals surface area contributed by atoms with E-state index in [2.05, 4.69) is 15.5 Å². The van der Waals surface area contributed by atoms with E-state index in [0.717, 1.165) is 23.9 Å². The normalized spacial score (nSPS) is 16.4. The Morgan fingerprint density at radius 1 is 1.11 bits per heavy atom. The second-order valence-corrected chi connectivity index (χ2v) is 6.27. The van der Waals surface area contributed by atoms with Crippen LogP contribution >= 0.6 is 0 Å². The maximum Gasteiger partial charge on any atom is 0.322 e. The molecule has 3 aromatic rings. The van der Waals surface area contributed by atoms with Gasteiger partial charge in [-0.3, -0.25) is 14.9 Å². The summed E-state index contributed by atoms with van der Waals surface area (Å²) in [5.74, 6) is -3.07. The zero-order valence-electron chi connectivity index (χ0n) is 14.4. The third kappa shape index (κ3) is 3.46. The monoisotopic (exact) mass is 384 g/mol. The van der Waals surface area contributed by atoms with Crippen molar-refractivity contribution in [3.8, 4) is 0 Å². The molecule has 0 bridgehead atoms. The van der Waals surface area contributed by atoms with Crippen LogP contribution in [0.15, 0.2) is 52.9 Å². The van der Waals surface area contributed by atoms with Crippen LogP contribution in [0, 0.1) is 11.6 Å². The number of nitrogens with one attached hydrogen (secondary N) is 1. The third-order valence-corrected chi connectivity index (χ3v) is 4.39. The number of para-hydroxylation sites is 1. The summed E-state index contributed by atoms with van der Waals surface area (Å²) in [6, 6.07) is 11.8. The number of benzene rings is 2. The summed E-state index contributed by atoms with van der Waals surface area (Å²) >= 11 is 0. The van der Waals surface area contributed by atoms with E-state index in [4.69, 9.17) is 4.42 Å². The molecule has 0 aliphatic carbocycles. The van der Waals surface area contributed by atoms with E-state index in [1.54, 1.807) is 4.90 Å². The average Bonchev–Trinajstić information content (AvgIpc) is 3.31. The number of hydrogen-bond donors (Lipinski definition) is 1. The Labute approximate surface area is 158 Å². The molecule has 2 aromatic carbocycles. The van der Waals surface area contributed by atoms with Crippen molar-refractivity contribution in [1.29, 1.82) is 0 Å². The Morgan fingerprint density at radius 2 is 1.89 bits per heavy atom. The Bertz CT molecular complexity index is 1040. The van der Waals surface area contributed by atoms with Crippen molar-refractivity contribution < 1.29 is 22.8 Å². The second kappa shape index (κ2) is 7.18. The molecule has 1 N–H and O–H groups in total. The van der Waals surface area contributed by atoms with Crippen molar-refractivity contribution >= 4 is 23.5 Å². The summed E-state index contributed by atoms with van der Waals surface area (Å²) < 4.78 is 31.7. The van der Waals surface area contributed by atoms with Gasteiger partial charge < -0.3 is 9.32 Å². The first-order chi connectivity index (χ1) is 13.5. The average molecular weight is 384 g/mol. The highest BCUT2D eigenvalue weighted by molar-refractivity contribution is 6.03. The van der Waals surface area contributed by atoms with Crippen molar-refractivity contribution in [1.82, 2.24) is 10.2 Å². The lowest BCUT2D eigenvalue weighted by Crippen LogP contribution is -2.24. The predicted molar refractivity (Wildman–Crippen MR) is 94.8 cm³/mol. The smallest absolute Gasteiger partial charge is 0.322 e. The molecule has 4 rings (SSSR count). The Morgan fingerprint density at radius 3 is 2.64 bits per heavy atom. The fraction of sp³-hybridized carbons (Fsp3) is 0.158. The lowest BCUT2D eigenvalue weighted by Gasteiger charge is -2.15. The molecule has 1 aliphatic rings. The van der Waals surface area contributed by atoms with Gasteiger partial charge in [-0.25, -0.2) is 8.78 Å². The highest BCUT2D eigenvalue weighted by Crippen LogP contribution is 2.31. The fourth-order valence-corrected chi connectivity index (χ4v) is 2.99. The summed E-state index contributed by atoms with van der Waals surface area (Å²) in [5.41, 5.74) is 0.686. The van der Waals surface area contributed by atoms with Gasteiger partial charge in [-0.05, 0) is 30.3 Å². The quantitative estimate of drug-likeness (QED) is 0.747. The number of carbonyl (C=O) groups is 2. The molecule has 142 valence electrons. The molecule has 7 nitrogen and oxygen atoms in total. The van der Waals surface area contributed by atoms with E-state index in [1.807, 2.05) is 30.3 Å². The number of rotatable bonds is 4. The first-order valence-corrected chi connectivity index (χ1v) is 8.46. The summed E-state index contributed by atoms with van der Waals surface area (Å²) in [4.78, 5) is 26.0. The van der Waals surface area contributed by atoms with Crippen LogP contribution in [0.25, 0.3) is 0 Å². The maximum atomic E-state index is 13.3. The van der Waals surface area contributed by atoms with E-state index in [-0.39, 0.29) is 35.7 Å². The SMILES string of the molecule is O=C(Nc1nnc(C2CC(=O)N(c3ccccc3)C2)o1)c1ccc(F)c(F)c1. The van der Waals surface area contributed by atoms with Gasteiger partial charge in [-0.1, -0.05) is 23.3 Å². The minimum Gasteiger partial charge on any atom is -0.407 e. The van der Waals surface area contributed by atoms with Crippen molar-refractivity contribution in [3.63, 3.8) is 0 Å². The molecular weight excluding hydrogens is 370 g/mol. The maximum absolute atomic E-state index is 13.3. The second-order valence-electron chi connectivity index (χ2n) is 6.27. The van der Waals surface area contributed by atoms with Gasteiger partial charge in [0.2, 0.25) is 11.8 Å². The number of anilines is 2. The molecule has 9 heteroatoms. The lowest BCUT2D eigenvalue weighted by atomic mass is 10.1. The van der Waals surface area contributed by atoms with E-state index in [9.17, 15) is 18.4 Å². The van der Waals surface area contributed by atoms with Gasteiger partial charge in [0.1, 0.15) is 0 Å². The molecule has 28 heavy (non-hydrogen) atoms. The number of nitrogens with zero attached hydrogens (tertiary/aromatic N) is 3. The molecule has 2 heterocycles. The molecule has 1 unspecified atom stereocenters. The predicted octanol–water partition coefficient (Wildman–Crippen LogP) is 3.12. The molecular formula is C19H14F2N4O3. The van der Waals surface area contributed by atoms with Crippen molar-refractivity contribution in [2.24, 2.45) is 0 Å². The van der Waals surface area contributed by atoms with E-state index >= 15 is 0 Å². The number of amides is 2. The molecule has 1 saturated heterocycles. The standard InChI is InChI=1S/C19H14F2N4O3/c20-14-7-6-11(8-15(14)21)17(27)22-19-24-23-18(28-19)12-9-16(26)25(10-12)13-4-2-1-3-5-13/h1-8,12H,9-10H2,(H,22,24,27). The van der Waals surface area contributed by atoms with Crippen LogP contribution in [0.4, 0.5) is 20.5 Å². The van der Waals surface area contributed by atoms with Gasteiger partial charge in [0.25, 0.3) is 5.91 Å². The Balaban J connectivity index is 1.45. The third-order valence-electron chi connectivity index (χ3n) is 4.39. The van der Waals surface area contributed by atoms with Gasteiger partial charge in [-0.15, -0.1) is 5.10 Å².